The van der Waals surface area contributed by atoms with Crippen molar-refractivity contribution in [2.24, 2.45) is 0 Å². The number of para-hydroxylation sites is 1. The predicted octanol–water partition coefficient (Wildman–Crippen LogP) is 3.96. The van der Waals surface area contributed by atoms with Crippen LogP contribution in [0.1, 0.15) is 12.0 Å². The Morgan fingerprint density at radius 2 is 1.81 bits per heavy atom. The second-order valence-corrected chi connectivity index (χ2v) is 5.02. The van der Waals surface area contributed by atoms with E-state index in [9.17, 15) is 9.18 Å². The van der Waals surface area contributed by atoms with Gasteiger partial charge >= 0.3 is 5.97 Å². The first-order chi connectivity index (χ1) is 10.1. The van der Waals surface area contributed by atoms with Gasteiger partial charge in [0.25, 0.3) is 0 Å². The normalized spacial score (nSPS) is 10.4. The molecule has 0 fully saturated rings. The van der Waals surface area contributed by atoms with E-state index in [0.29, 0.717) is 16.3 Å². The standard InChI is InChI=1S/C16H15ClFNO2/c17-13-6-2-4-8-15(13)19(10-9-16(20)21)11-12-5-1-3-7-14(12)18/h1-8H,9-11H2,(H,20,21). The molecule has 0 saturated heterocycles. The number of benzene rings is 2. The Hall–Kier alpha value is -2.07. The number of aliphatic carboxylic acids is 1. The first-order valence-corrected chi connectivity index (χ1v) is 6.90. The van der Waals surface area contributed by atoms with Gasteiger partial charge in [-0.2, -0.15) is 0 Å². The van der Waals surface area contributed by atoms with Crippen LogP contribution in [-0.2, 0) is 11.3 Å². The number of nitrogens with zero attached hydrogens (tertiary/aromatic N) is 1. The van der Waals surface area contributed by atoms with Crippen LogP contribution in [0.3, 0.4) is 0 Å². The highest BCUT2D eigenvalue weighted by molar-refractivity contribution is 6.33. The van der Waals surface area contributed by atoms with Crippen molar-refractivity contribution in [3.8, 4) is 0 Å². The summed E-state index contributed by atoms with van der Waals surface area (Å²) in [5.74, 6) is -1.22. The maximum atomic E-state index is 13.8. The van der Waals surface area contributed by atoms with Crippen molar-refractivity contribution >= 4 is 23.3 Å². The summed E-state index contributed by atoms with van der Waals surface area (Å²) in [6, 6.07) is 13.6. The zero-order valence-electron chi connectivity index (χ0n) is 11.3. The van der Waals surface area contributed by atoms with Crippen molar-refractivity contribution in [3.63, 3.8) is 0 Å². The van der Waals surface area contributed by atoms with Crippen LogP contribution in [0.15, 0.2) is 48.5 Å². The fourth-order valence-electron chi connectivity index (χ4n) is 2.06. The fraction of sp³-hybridized carbons (Fsp3) is 0.188. The van der Waals surface area contributed by atoms with Crippen LogP contribution in [0.2, 0.25) is 5.02 Å². The summed E-state index contributed by atoms with van der Waals surface area (Å²) < 4.78 is 13.8. The van der Waals surface area contributed by atoms with E-state index in [2.05, 4.69) is 0 Å². The number of rotatable bonds is 6. The Morgan fingerprint density at radius 1 is 1.14 bits per heavy atom. The number of hydrogen-bond acceptors (Lipinski definition) is 2. The minimum absolute atomic E-state index is 0.0420. The van der Waals surface area contributed by atoms with Gasteiger partial charge in [0.15, 0.2) is 0 Å². The molecule has 0 bridgehead atoms. The molecule has 0 unspecified atom stereocenters. The van der Waals surface area contributed by atoms with Gasteiger partial charge in [0.2, 0.25) is 0 Å². The quantitative estimate of drug-likeness (QED) is 0.878. The molecule has 0 radical (unpaired) electrons. The van der Waals surface area contributed by atoms with Gasteiger partial charge in [-0.05, 0) is 18.2 Å². The smallest absolute Gasteiger partial charge is 0.305 e. The molecule has 0 heterocycles. The molecule has 0 aliphatic carbocycles. The van der Waals surface area contributed by atoms with Gasteiger partial charge < -0.3 is 10.0 Å². The SMILES string of the molecule is O=C(O)CCN(Cc1ccccc1F)c1ccccc1Cl. The first kappa shape index (κ1) is 15.3. The van der Waals surface area contributed by atoms with E-state index in [1.807, 2.05) is 6.07 Å². The van der Waals surface area contributed by atoms with E-state index < -0.39 is 5.97 Å². The molecule has 1 N–H and O–H groups in total. The highest BCUT2D eigenvalue weighted by Crippen LogP contribution is 2.27. The van der Waals surface area contributed by atoms with Crippen LogP contribution in [0, 0.1) is 5.82 Å². The lowest BCUT2D eigenvalue weighted by Crippen LogP contribution is -2.26. The Labute approximate surface area is 127 Å². The van der Waals surface area contributed by atoms with E-state index in [4.69, 9.17) is 16.7 Å². The van der Waals surface area contributed by atoms with Crippen LogP contribution in [0.5, 0.6) is 0 Å². The van der Waals surface area contributed by atoms with Gasteiger partial charge in [-0.15, -0.1) is 0 Å². The summed E-state index contributed by atoms with van der Waals surface area (Å²) in [6.45, 7) is 0.525. The van der Waals surface area contributed by atoms with E-state index in [-0.39, 0.29) is 25.3 Å². The van der Waals surface area contributed by atoms with Crippen LogP contribution < -0.4 is 4.90 Å². The molecule has 5 heteroatoms. The van der Waals surface area contributed by atoms with E-state index in [1.165, 1.54) is 6.07 Å². The van der Waals surface area contributed by atoms with Crippen molar-refractivity contribution in [3.05, 3.63) is 64.9 Å². The zero-order valence-corrected chi connectivity index (χ0v) is 12.1. The third-order valence-corrected chi connectivity index (χ3v) is 3.43. The summed E-state index contributed by atoms with van der Waals surface area (Å²) in [5, 5.41) is 9.38. The molecule has 21 heavy (non-hydrogen) atoms. The number of carboxylic acid groups (broad SMARTS) is 1. The van der Waals surface area contributed by atoms with E-state index >= 15 is 0 Å². The van der Waals surface area contributed by atoms with Crippen molar-refractivity contribution in [2.45, 2.75) is 13.0 Å². The van der Waals surface area contributed by atoms with Gasteiger partial charge in [0.05, 0.1) is 17.1 Å². The van der Waals surface area contributed by atoms with Crippen molar-refractivity contribution < 1.29 is 14.3 Å². The molecule has 110 valence electrons. The molecular formula is C16H15ClFNO2. The summed E-state index contributed by atoms with van der Waals surface area (Å²) in [5.41, 5.74) is 1.20. The first-order valence-electron chi connectivity index (χ1n) is 6.52. The third-order valence-electron chi connectivity index (χ3n) is 3.11. The van der Waals surface area contributed by atoms with Crippen LogP contribution in [0.25, 0.3) is 0 Å². The molecule has 2 aromatic carbocycles. The second-order valence-electron chi connectivity index (χ2n) is 4.61. The summed E-state index contributed by atoms with van der Waals surface area (Å²) in [7, 11) is 0. The molecule has 0 aliphatic rings. The number of halogens is 2. The largest absolute Gasteiger partial charge is 0.481 e. The molecule has 2 aromatic rings. The zero-order chi connectivity index (χ0) is 15.2. The Kier molecular flexibility index (Phi) is 5.17. The number of hydrogen-bond donors (Lipinski definition) is 1. The van der Waals surface area contributed by atoms with Crippen molar-refractivity contribution in [1.82, 2.24) is 0 Å². The van der Waals surface area contributed by atoms with Crippen LogP contribution in [-0.4, -0.2) is 17.6 Å². The molecule has 0 atom stereocenters. The van der Waals surface area contributed by atoms with E-state index in [0.717, 1.165) is 0 Å². The average Bonchev–Trinajstić information content (AvgIpc) is 2.46. The maximum absolute atomic E-state index is 13.8. The lowest BCUT2D eigenvalue weighted by Gasteiger charge is -2.25. The van der Waals surface area contributed by atoms with Gasteiger partial charge in [-0.3, -0.25) is 4.79 Å². The molecule has 0 saturated carbocycles. The van der Waals surface area contributed by atoms with Gasteiger partial charge in [-0.1, -0.05) is 41.9 Å². The topological polar surface area (TPSA) is 40.5 Å². The predicted molar refractivity (Wildman–Crippen MR) is 81.2 cm³/mol. The minimum Gasteiger partial charge on any atom is -0.481 e. The van der Waals surface area contributed by atoms with Crippen LogP contribution in [0.4, 0.5) is 10.1 Å². The van der Waals surface area contributed by atoms with Gasteiger partial charge in [0.1, 0.15) is 5.82 Å². The molecule has 2 rings (SSSR count). The van der Waals surface area contributed by atoms with Gasteiger partial charge in [0, 0.05) is 18.7 Å². The molecule has 3 nitrogen and oxygen atoms in total. The highest BCUT2D eigenvalue weighted by Gasteiger charge is 2.14. The number of carboxylic acids is 1. The van der Waals surface area contributed by atoms with E-state index in [1.54, 1.807) is 41.3 Å². The number of anilines is 1. The second kappa shape index (κ2) is 7.09. The summed E-state index contributed by atoms with van der Waals surface area (Å²) in [4.78, 5) is 12.6. The maximum Gasteiger partial charge on any atom is 0.305 e. The fourth-order valence-corrected chi connectivity index (χ4v) is 2.31. The molecule has 0 spiro atoms. The van der Waals surface area contributed by atoms with Crippen molar-refractivity contribution in [2.75, 3.05) is 11.4 Å². The molecular weight excluding hydrogens is 293 g/mol. The Bertz CT molecular complexity index is 633. The monoisotopic (exact) mass is 307 g/mol. The lowest BCUT2D eigenvalue weighted by molar-refractivity contribution is -0.136. The highest BCUT2D eigenvalue weighted by atomic mass is 35.5. The molecule has 0 amide bonds. The Morgan fingerprint density at radius 3 is 2.48 bits per heavy atom. The van der Waals surface area contributed by atoms with Crippen LogP contribution >= 0.6 is 11.6 Å². The van der Waals surface area contributed by atoms with Gasteiger partial charge in [-0.25, -0.2) is 4.39 Å². The summed E-state index contributed by atoms with van der Waals surface area (Å²) in [6.07, 6.45) is -0.0420. The van der Waals surface area contributed by atoms with Crippen molar-refractivity contribution in [1.29, 1.82) is 0 Å². The third kappa shape index (κ3) is 4.20. The Balaban J connectivity index is 2.26. The summed E-state index contributed by atoms with van der Waals surface area (Å²) >= 11 is 6.16. The molecule has 0 aromatic heterocycles. The minimum atomic E-state index is -0.902. The molecule has 0 aliphatic heterocycles. The lowest BCUT2D eigenvalue weighted by atomic mass is 10.1. The average molecular weight is 308 g/mol. The number of carbonyl (C=O) groups is 1.